The van der Waals surface area contributed by atoms with E-state index in [2.05, 4.69) is 51.9 Å². The lowest BCUT2D eigenvalue weighted by atomic mass is 9.90. The van der Waals surface area contributed by atoms with Crippen molar-refractivity contribution >= 4 is 8.07 Å². The highest BCUT2D eigenvalue weighted by Crippen LogP contribution is 2.37. The molecule has 0 amide bonds. The lowest BCUT2D eigenvalue weighted by Crippen LogP contribution is -2.18. The molecule has 0 spiro atoms. The zero-order valence-electron chi connectivity index (χ0n) is 9.56. The Balaban J connectivity index is 2.48. The number of hydrogen-bond donors (Lipinski definition) is 0. The van der Waals surface area contributed by atoms with Crippen molar-refractivity contribution in [3.63, 3.8) is 0 Å². The van der Waals surface area contributed by atoms with E-state index in [-0.39, 0.29) is 11.5 Å². The van der Waals surface area contributed by atoms with E-state index in [4.69, 9.17) is 4.74 Å². The van der Waals surface area contributed by atoms with Gasteiger partial charge in [-0.15, -0.1) is 5.54 Å². The van der Waals surface area contributed by atoms with Gasteiger partial charge in [-0.25, -0.2) is 0 Å². The molecule has 1 nitrogen and oxygen atoms in total. The molecule has 1 fully saturated rings. The maximum Gasteiger partial charge on any atom is 0.144 e. The summed E-state index contributed by atoms with van der Waals surface area (Å²) in [7, 11) is -1.21. The first kappa shape index (κ1) is 10.8. The van der Waals surface area contributed by atoms with Gasteiger partial charge in [-0.05, 0) is 5.41 Å². The lowest BCUT2D eigenvalue weighted by Gasteiger charge is -2.13. The molecule has 0 aromatic carbocycles. The van der Waals surface area contributed by atoms with Crippen LogP contribution in [0.1, 0.15) is 20.8 Å². The molecular weight excluding hydrogens is 176 g/mol. The van der Waals surface area contributed by atoms with Gasteiger partial charge < -0.3 is 4.74 Å². The van der Waals surface area contributed by atoms with Crippen molar-refractivity contribution in [2.24, 2.45) is 5.41 Å². The lowest BCUT2D eigenvalue weighted by molar-refractivity contribution is 0.264. The Labute approximate surface area is 82.9 Å². The molecule has 0 N–H and O–H groups in total. The zero-order valence-corrected chi connectivity index (χ0v) is 10.6. The van der Waals surface area contributed by atoms with Crippen molar-refractivity contribution in [3.8, 4) is 11.5 Å². The van der Waals surface area contributed by atoms with Crippen LogP contribution in [-0.2, 0) is 4.74 Å². The molecule has 1 aliphatic rings. The summed E-state index contributed by atoms with van der Waals surface area (Å²) in [6.45, 7) is 13.4. The average Bonchev–Trinajstić information content (AvgIpc) is 2.57. The van der Waals surface area contributed by atoms with Gasteiger partial charge in [0.05, 0.1) is 0 Å². The minimum atomic E-state index is -1.21. The number of rotatable bonds is 0. The van der Waals surface area contributed by atoms with Gasteiger partial charge >= 0.3 is 0 Å². The van der Waals surface area contributed by atoms with E-state index in [0.717, 1.165) is 0 Å². The van der Waals surface area contributed by atoms with Crippen molar-refractivity contribution in [1.82, 2.24) is 0 Å². The maximum atomic E-state index is 5.53. The summed E-state index contributed by atoms with van der Waals surface area (Å²) in [5, 5.41) is 0. The molecule has 13 heavy (non-hydrogen) atoms. The van der Waals surface area contributed by atoms with Crippen molar-refractivity contribution < 1.29 is 4.74 Å². The molecule has 0 saturated carbocycles. The molecule has 2 atom stereocenters. The van der Waals surface area contributed by atoms with Crippen LogP contribution in [0, 0.1) is 16.9 Å². The normalized spacial score (nSPS) is 27.8. The fourth-order valence-corrected chi connectivity index (χ4v) is 1.74. The van der Waals surface area contributed by atoms with E-state index in [1.807, 2.05) is 0 Å². The van der Waals surface area contributed by atoms with Gasteiger partial charge in [0.1, 0.15) is 20.3 Å². The highest BCUT2D eigenvalue weighted by molar-refractivity contribution is 6.83. The highest BCUT2D eigenvalue weighted by atomic mass is 28.3. The standard InChI is InChI=1S/C11H20OSi/c1-11(2,3)10-9(12-10)7-8-13(4,5)6/h9-10H,1-6H3/t9-,10+/m0/s1. The molecular formula is C11H20OSi. The molecule has 0 aromatic rings. The fourth-order valence-electron chi connectivity index (χ4n) is 1.17. The van der Waals surface area contributed by atoms with Crippen LogP contribution >= 0.6 is 0 Å². The van der Waals surface area contributed by atoms with E-state index in [1.165, 1.54) is 0 Å². The molecule has 0 bridgehead atoms. The van der Waals surface area contributed by atoms with Gasteiger partial charge in [0, 0.05) is 0 Å². The third-order valence-corrected chi connectivity index (χ3v) is 2.83. The fraction of sp³-hybridized carbons (Fsp3) is 0.818. The molecule has 0 aromatic heterocycles. The van der Waals surface area contributed by atoms with E-state index in [9.17, 15) is 0 Å². The second kappa shape index (κ2) is 3.15. The van der Waals surface area contributed by atoms with Crippen LogP contribution in [0.15, 0.2) is 0 Å². The summed E-state index contributed by atoms with van der Waals surface area (Å²) in [6, 6.07) is 0. The zero-order chi connectivity index (χ0) is 10.3. The van der Waals surface area contributed by atoms with Crippen LogP contribution in [0.4, 0.5) is 0 Å². The monoisotopic (exact) mass is 196 g/mol. The first-order valence-electron chi connectivity index (χ1n) is 4.88. The Kier molecular flexibility index (Phi) is 2.62. The Bertz CT molecular complexity index is 246. The molecule has 1 aliphatic heterocycles. The van der Waals surface area contributed by atoms with Crippen LogP contribution in [0.3, 0.4) is 0 Å². The summed E-state index contributed by atoms with van der Waals surface area (Å²) < 4.78 is 5.53. The molecule has 2 heteroatoms. The summed E-state index contributed by atoms with van der Waals surface area (Å²) in [4.78, 5) is 0. The predicted octanol–water partition coefficient (Wildman–Crippen LogP) is 2.68. The third-order valence-electron chi connectivity index (χ3n) is 1.93. The molecule has 0 radical (unpaired) electrons. The number of epoxide rings is 1. The molecule has 0 aliphatic carbocycles. The van der Waals surface area contributed by atoms with E-state index in [1.54, 1.807) is 0 Å². The highest BCUT2D eigenvalue weighted by Gasteiger charge is 2.46. The molecule has 1 saturated heterocycles. The SMILES string of the molecule is CC(C)(C)[C@@H]1O[C@H]1C#C[Si](C)(C)C. The van der Waals surface area contributed by atoms with Crippen molar-refractivity contribution in [2.45, 2.75) is 52.6 Å². The van der Waals surface area contributed by atoms with Gasteiger partial charge in [0.15, 0.2) is 0 Å². The first-order chi connectivity index (χ1) is 5.70. The van der Waals surface area contributed by atoms with Crippen LogP contribution in [0.25, 0.3) is 0 Å². The molecule has 74 valence electrons. The van der Waals surface area contributed by atoms with Crippen LogP contribution in [0.2, 0.25) is 19.6 Å². The largest absolute Gasteiger partial charge is 0.355 e. The van der Waals surface area contributed by atoms with Crippen LogP contribution < -0.4 is 0 Å². The third kappa shape index (κ3) is 3.54. The van der Waals surface area contributed by atoms with E-state index < -0.39 is 8.07 Å². The smallest absolute Gasteiger partial charge is 0.144 e. The topological polar surface area (TPSA) is 12.5 Å². The summed E-state index contributed by atoms with van der Waals surface area (Å²) >= 11 is 0. The maximum absolute atomic E-state index is 5.53. The van der Waals surface area contributed by atoms with Crippen molar-refractivity contribution in [2.75, 3.05) is 0 Å². The number of hydrogen-bond acceptors (Lipinski definition) is 1. The Morgan fingerprint density at radius 2 is 1.69 bits per heavy atom. The summed E-state index contributed by atoms with van der Waals surface area (Å²) in [6.07, 6.45) is 0.572. The predicted molar refractivity (Wildman–Crippen MR) is 59.2 cm³/mol. The van der Waals surface area contributed by atoms with Gasteiger partial charge in [-0.2, -0.15) is 0 Å². The Hall–Kier alpha value is -0.263. The van der Waals surface area contributed by atoms with E-state index >= 15 is 0 Å². The van der Waals surface area contributed by atoms with Crippen LogP contribution in [-0.4, -0.2) is 20.3 Å². The van der Waals surface area contributed by atoms with Crippen molar-refractivity contribution in [1.29, 1.82) is 0 Å². The minimum absolute atomic E-state index is 0.215. The van der Waals surface area contributed by atoms with Gasteiger partial charge in [0.25, 0.3) is 0 Å². The average molecular weight is 196 g/mol. The molecule has 1 rings (SSSR count). The van der Waals surface area contributed by atoms with Crippen molar-refractivity contribution in [3.05, 3.63) is 0 Å². The minimum Gasteiger partial charge on any atom is -0.355 e. The first-order valence-corrected chi connectivity index (χ1v) is 8.38. The number of ether oxygens (including phenoxy) is 1. The van der Waals surface area contributed by atoms with Gasteiger partial charge in [0.2, 0.25) is 0 Å². The Morgan fingerprint density at radius 1 is 1.15 bits per heavy atom. The molecule has 0 unspecified atom stereocenters. The quantitative estimate of drug-likeness (QED) is 0.330. The van der Waals surface area contributed by atoms with Crippen LogP contribution in [0.5, 0.6) is 0 Å². The van der Waals surface area contributed by atoms with Gasteiger partial charge in [-0.1, -0.05) is 46.3 Å². The second-order valence-electron chi connectivity index (χ2n) is 5.86. The second-order valence-corrected chi connectivity index (χ2v) is 10.6. The summed E-state index contributed by atoms with van der Waals surface area (Å²) in [5.41, 5.74) is 3.60. The van der Waals surface area contributed by atoms with E-state index in [0.29, 0.717) is 6.10 Å². The molecule has 1 heterocycles. The summed E-state index contributed by atoms with van der Waals surface area (Å²) in [5.74, 6) is 3.24. The Morgan fingerprint density at radius 3 is 2.00 bits per heavy atom. The van der Waals surface area contributed by atoms with Gasteiger partial charge in [-0.3, -0.25) is 0 Å².